The highest BCUT2D eigenvalue weighted by atomic mass is 32.2. The normalized spacial score (nSPS) is 10.5. The zero-order chi connectivity index (χ0) is 13.8. The third kappa shape index (κ3) is 3.64. The van der Waals surface area contributed by atoms with E-state index in [0.29, 0.717) is 12.3 Å². The van der Waals surface area contributed by atoms with Crippen molar-refractivity contribution in [2.24, 2.45) is 0 Å². The number of nitrogens with two attached hydrogens (primary N) is 1. The van der Waals surface area contributed by atoms with E-state index in [4.69, 9.17) is 10.5 Å². The summed E-state index contributed by atoms with van der Waals surface area (Å²) in [5.41, 5.74) is 8.78. The van der Waals surface area contributed by atoms with Crippen molar-refractivity contribution >= 4 is 17.4 Å². The van der Waals surface area contributed by atoms with Gasteiger partial charge in [0.1, 0.15) is 10.8 Å². The molecule has 0 aliphatic rings. The Labute approximate surface area is 118 Å². The molecular formula is C15H18N2OS. The Kier molecular flexibility index (Phi) is 4.32. The number of anilines is 1. The molecule has 2 aromatic rings. The first-order valence-electron chi connectivity index (χ1n) is 6.24. The molecule has 0 saturated carbocycles. The maximum absolute atomic E-state index is 5.87. The summed E-state index contributed by atoms with van der Waals surface area (Å²) in [5, 5.41) is 0.990. The van der Waals surface area contributed by atoms with Crippen LogP contribution >= 0.6 is 11.8 Å². The standard InChI is InChI=1S/C15H18N2OS/c1-4-18-14-9-12(5-6-13(14)16)19-15-8-10(2)7-11(3)17-15/h5-9H,4,16H2,1-3H3. The zero-order valence-electron chi connectivity index (χ0n) is 11.4. The predicted octanol–water partition coefficient (Wildman–Crippen LogP) is 3.83. The maximum atomic E-state index is 5.87. The Hall–Kier alpha value is -1.68. The number of nitrogens with zero attached hydrogens (tertiary/aromatic N) is 1. The Morgan fingerprint density at radius 2 is 2.00 bits per heavy atom. The first kappa shape index (κ1) is 13.7. The first-order chi connectivity index (χ1) is 9.08. The molecule has 1 aromatic heterocycles. The van der Waals surface area contributed by atoms with E-state index < -0.39 is 0 Å². The fourth-order valence-electron chi connectivity index (χ4n) is 1.84. The number of hydrogen-bond acceptors (Lipinski definition) is 4. The fourth-order valence-corrected chi connectivity index (χ4v) is 2.81. The molecular weight excluding hydrogens is 256 g/mol. The third-order valence-electron chi connectivity index (χ3n) is 2.58. The number of pyridine rings is 1. The lowest BCUT2D eigenvalue weighted by Gasteiger charge is -2.09. The summed E-state index contributed by atoms with van der Waals surface area (Å²) in [6.07, 6.45) is 0. The Balaban J connectivity index is 2.25. The van der Waals surface area contributed by atoms with Crippen LogP contribution in [0.4, 0.5) is 5.69 Å². The second-order valence-corrected chi connectivity index (χ2v) is 5.45. The quantitative estimate of drug-likeness (QED) is 0.861. The number of aromatic nitrogens is 1. The van der Waals surface area contributed by atoms with Crippen LogP contribution in [0.2, 0.25) is 0 Å². The van der Waals surface area contributed by atoms with Crippen molar-refractivity contribution in [2.75, 3.05) is 12.3 Å². The molecule has 0 unspecified atom stereocenters. The SMILES string of the molecule is CCOc1cc(Sc2cc(C)cc(C)n2)ccc1N. The molecule has 100 valence electrons. The van der Waals surface area contributed by atoms with Crippen LogP contribution in [0.3, 0.4) is 0 Å². The van der Waals surface area contributed by atoms with Crippen molar-refractivity contribution in [1.29, 1.82) is 0 Å². The molecule has 0 radical (unpaired) electrons. The monoisotopic (exact) mass is 274 g/mol. The molecule has 0 spiro atoms. The average Bonchev–Trinajstić information content (AvgIpc) is 2.32. The van der Waals surface area contributed by atoms with Crippen LogP contribution in [-0.4, -0.2) is 11.6 Å². The molecule has 19 heavy (non-hydrogen) atoms. The van der Waals surface area contributed by atoms with Crippen LogP contribution in [0.5, 0.6) is 5.75 Å². The summed E-state index contributed by atoms with van der Waals surface area (Å²) in [6.45, 7) is 6.64. The van der Waals surface area contributed by atoms with E-state index in [9.17, 15) is 0 Å². The molecule has 0 bridgehead atoms. The van der Waals surface area contributed by atoms with Crippen LogP contribution in [0.15, 0.2) is 40.3 Å². The van der Waals surface area contributed by atoms with E-state index in [1.807, 2.05) is 32.0 Å². The predicted molar refractivity (Wildman–Crippen MR) is 79.9 cm³/mol. The molecule has 0 fully saturated rings. The number of nitrogen functional groups attached to an aromatic ring is 1. The van der Waals surface area contributed by atoms with Crippen molar-refractivity contribution in [2.45, 2.75) is 30.7 Å². The number of aryl methyl sites for hydroxylation is 2. The van der Waals surface area contributed by atoms with Gasteiger partial charge in [0.15, 0.2) is 0 Å². The number of hydrogen-bond donors (Lipinski definition) is 1. The van der Waals surface area contributed by atoms with Gasteiger partial charge in [0.25, 0.3) is 0 Å². The lowest BCUT2D eigenvalue weighted by molar-refractivity contribution is 0.341. The van der Waals surface area contributed by atoms with Crippen molar-refractivity contribution in [3.63, 3.8) is 0 Å². The van der Waals surface area contributed by atoms with Gasteiger partial charge in [-0.2, -0.15) is 0 Å². The highest BCUT2D eigenvalue weighted by molar-refractivity contribution is 7.99. The van der Waals surface area contributed by atoms with Gasteiger partial charge in [-0.25, -0.2) is 4.98 Å². The topological polar surface area (TPSA) is 48.1 Å². The molecule has 4 heteroatoms. The van der Waals surface area contributed by atoms with Gasteiger partial charge in [0.05, 0.1) is 12.3 Å². The molecule has 0 saturated heterocycles. The summed E-state index contributed by atoms with van der Waals surface area (Å²) in [5.74, 6) is 0.733. The van der Waals surface area contributed by atoms with E-state index in [2.05, 4.69) is 24.0 Å². The van der Waals surface area contributed by atoms with E-state index in [1.54, 1.807) is 11.8 Å². The molecule has 2 N–H and O–H groups in total. The molecule has 1 heterocycles. The minimum atomic E-state index is 0.611. The second-order valence-electron chi connectivity index (χ2n) is 4.36. The van der Waals surface area contributed by atoms with Gasteiger partial charge in [-0.15, -0.1) is 0 Å². The molecule has 0 aliphatic heterocycles. The lowest BCUT2D eigenvalue weighted by atomic mass is 10.3. The van der Waals surface area contributed by atoms with Crippen molar-refractivity contribution in [3.8, 4) is 5.75 Å². The number of ether oxygens (including phenoxy) is 1. The minimum Gasteiger partial charge on any atom is -0.492 e. The van der Waals surface area contributed by atoms with Crippen LogP contribution < -0.4 is 10.5 Å². The molecule has 0 aliphatic carbocycles. The second kappa shape index (κ2) is 5.97. The van der Waals surface area contributed by atoms with Crippen molar-refractivity contribution < 1.29 is 4.74 Å². The molecule has 1 aromatic carbocycles. The van der Waals surface area contributed by atoms with Gasteiger partial charge < -0.3 is 10.5 Å². The molecule has 3 nitrogen and oxygen atoms in total. The summed E-state index contributed by atoms with van der Waals surface area (Å²) >= 11 is 1.62. The first-order valence-corrected chi connectivity index (χ1v) is 7.05. The fraction of sp³-hybridized carbons (Fsp3) is 0.267. The van der Waals surface area contributed by atoms with Gasteiger partial charge in [-0.1, -0.05) is 11.8 Å². The van der Waals surface area contributed by atoms with E-state index in [0.717, 1.165) is 21.4 Å². The van der Waals surface area contributed by atoms with Crippen LogP contribution in [0.1, 0.15) is 18.2 Å². The highest BCUT2D eigenvalue weighted by Crippen LogP contribution is 2.32. The Morgan fingerprint density at radius 1 is 1.21 bits per heavy atom. The summed E-state index contributed by atoms with van der Waals surface area (Å²) in [7, 11) is 0. The number of rotatable bonds is 4. The average molecular weight is 274 g/mol. The molecule has 0 atom stereocenters. The summed E-state index contributed by atoms with van der Waals surface area (Å²) < 4.78 is 5.50. The third-order valence-corrected chi connectivity index (χ3v) is 3.49. The summed E-state index contributed by atoms with van der Waals surface area (Å²) in [6, 6.07) is 9.97. The van der Waals surface area contributed by atoms with Crippen LogP contribution in [0, 0.1) is 13.8 Å². The Morgan fingerprint density at radius 3 is 2.68 bits per heavy atom. The largest absolute Gasteiger partial charge is 0.492 e. The van der Waals surface area contributed by atoms with Gasteiger partial charge >= 0.3 is 0 Å². The lowest BCUT2D eigenvalue weighted by Crippen LogP contribution is -1.96. The Bertz CT molecular complexity index is 564. The van der Waals surface area contributed by atoms with E-state index in [-0.39, 0.29) is 0 Å². The molecule has 0 amide bonds. The zero-order valence-corrected chi connectivity index (χ0v) is 12.3. The van der Waals surface area contributed by atoms with Gasteiger partial charge in [0, 0.05) is 10.6 Å². The van der Waals surface area contributed by atoms with E-state index in [1.165, 1.54) is 5.56 Å². The van der Waals surface area contributed by atoms with Gasteiger partial charge in [-0.05, 0) is 56.7 Å². The van der Waals surface area contributed by atoms with Crippen molar-refractivity contribution in [1.82, 2.24) is 4.98 Å². The van der Waals surface area contributed by atoms with E-state index >= 15 is 0 Å². The van der Waals surface area contributed by atoms with Crippen molar-refractivity contribution in [3.05, 3.63) is 41.6 Å². The number of benzene rings is 1. The minimum absolute atomic E-state index is 0.611. The highest BCUT2D eigenvalue weighted by Gasteiger charge is 2.05. The summed E-state index contributed by atoms with van der Waals surface area (Å²) in [4.78, 5) is 5.60. The molecule has 2 rings (SSSR count). The smallest absolute Gasteiger partial charge is 0.143 e. The van der Waals surface area contributed by atoms with Crippen LogP contribution in [0.25, 0.3) is 0 Å². The van der Waals surface area contributed by atoms with Gasteiger partial charge in [0.2, 0.25) is 0 Å². The van der Waals surface area contributed by atoms with Crippen LogP contribution in [-0.2, 0) is 0 Å². The maximum Gasteiger partial charge on any atom is 0.143 e. The van der Waals surface area contributed by atoms with Gasteiger partial charge in [-0.3, -0.25) is 0 Å².